The molecule has 0 spiro atoms. The van der Waals surface area contributed by atoms with E-state index < -0.39 is 15.9 Å². The zero-order valence-electron chi connectivity index (χ0n) is 13.1. The molecule has 8 heteroatoms. The highest BCUT2D eigenvalue weighted by Gasteiger charge is 2.36. The summed E-state index contributed by atoms with van der Waals surface area (Å²) in [4.78, 5) is 12.5. The fourth-order valence-electron chi connectivity index (χ4n) is 2.93. The summed E-state index contributed by atoms with van der Waals surface area (Å²) in [5, 5.41) is 11.8. The van der Waals surface area contributed by atoms with Crippen molar-refractivity contribution in [3.8, 4) is 0 Å². The van der Waals surface area contributed by atoms with E-state index in [1.807, 2.05) is 12.1 Å². The molecule has 0 saturated carbocycles. The van der Waals surface area contributed by atoms with Crippen LogP contribution in [0, 0.1) is 0 Å². The second-order valence-corrected chi connectivity index (χ2v) is 7.47. The minimum atomic E-state index is -3.73. The molecular weight excluding hydrogens is 340 g/mol. The summed E-state index contributed by atoms with van der Waals surface area (Å²) >= 11 is 0. The first-order chi connectivity index (χ1) is 12.1. The number of hydrogen-bond donors (Lipinski definition) is 1. The summed E-state index contributed by atoms with van der Waals surface area (Å²) in [7, 11) is -3.73. The number of aromatic nitrogens is 2. The van der Waals surface area contributed by atoms with Gasteiger partial charge in [-0.1, -0.05) is 24.3 Å². The highest BCUT2D eigenvalue weighted by atomic mass is 32.2. The van der Waals surface area contributed by atoms with Gasteiger partial charge in [0.2, 0.25) is 5.91 Å². The molecule has 0 saturated heterocycles. The molecule has 1 aliphatic rings. The standard InChI is InChI=1S/C17H14N4O3S/c22-16(18-10-13-6-3-9-19-20-13)11-21-14-7-1-4-12-5-2-8-15(17(12)14)25(21,23)24/h1-9H,10-11H2,(H,18,22). The molecule has 4 rings (SSSR count). The molecular formula is C17H14N4O3S. The third-order valence-electron chi connectivity index (χ3n) is 4.06. The van der Waals surface area contributed by atoms with Crippen LogP contribution < -0.4 is 9.62 Å². The second kappa shape index (κ2) is 5.82. The van der Waals surface area contributed by atoms with E-state index in [0.717, 1.165) is 9.69 Å². The lowest BCUT2D eigenvalue weighted by Gasteiger charge is -2.18. The van der Waals surface area contributed by atoms with Crippen molar-refractivity contribution in [1.82, 2.24) is 15.5 Å². The molecule has 1 N–H and O–H groups in total. The van der Waals surface area contributed by atoms with Gasteiger partial charge in [-0.2, -0.15) is 10.2 Å². The van der Waals surface area contributed by atoms with Crippen LogP contribution in [0.25, 0.3) is 10.8 Å². The van der Waals surface area contributed by atoms with E-state index in [9.17, 15) is 13.2 Å². The van der Waals surface area contributed by atoms with E-state index >= 15 is 0 Å². The summed E-state index contributed by atoms with van der Waals surface area (Å²) in [6, 6.07) is 13.9. The lowest BCUT2D eigenvalue weighted by Crippen LogP contribution is -2.38. The maximum absolute atomic E-state index is 12.8. The van der Waals surface area contributed by atoms with Gasteiger partial charge in [-0.05, 0) is 29.7 Å². The molecule has 1 aromatic heterocycles. The van der Waals surface area contributed by atoms with Gasteiger partial charge in [0.15, 0.2) is 0 Å². The van der Waals surface area contributed by atoms with Crippen LogP contribution in [-0.4, -0.2) is 31.1 Å². The predicted octanol–water partition coefficient (Wildman–Crippen LogP) is 1.45. The normalized spacial score (nSPS) is 14.6. The summed E-state index contributed by atoms with van der Waals surface area (Å²) in [6.07, 6.45) is 1.54. The topological polar surface area (TPSA) is 92.3 Å². The van der Waals surface area contributed by atoms with Gasteiger partial charge < -0.3 is 5.32 Å². The number of nitrogens with zero attached hydrogens (tertiary/aromatic N) is 3. The third-order valence-corrected chi connectivity index (χ3v) is 5.86. The van der Waals surface area contributed by atoms with Crippen LogP contribution in [0.3, 0.4) is 0 Å². The van der Waals surface area contributed by atoms with Crippen molar-refractivity contribution >= 4 is 32.4 Å². The zero-order valence-corrected chi connectivity index (χ0v) is 13.9. The number of anilines is 1. The van der Waals surface area contributed by atoms with Crippen molar-refractivity contribution in [3.63, 3.8) is 0 Å². The van der Waals surface area contributed by atoms with E-state index in [1.54, 1.807) is 42.6 Å². The summed E-state index contributed by atoms with van der Waals surface area (Å²) in [5.74, 6) is -0.404. The molecule has 1 amide bonds. The zero-order chi connectivity index (χ0) is 17.4. The van der Waals surface area contributed by atoms with Crippen molar-refractivity contribution < 1.29 is 13.2 Å². The Hall–Kier alpha value is -3.00. The Morgan fingerprint density at radius 3 is 2.64 bits per heavy atom. The number of sulfonamides is 1. The monoisotopic (exact) mass is 354 g/mol. The molecule has 0 radical (unpaired) electrons. The van der Waals surface area contributed by atoms with Crippen molar-refractivity contribution in [2.75, 3.05) is 10.8 Å². The number of hydrogen-bond acceptors (Lipinski definition) is 5. The van der Waals surface area contributed by atoms with Crippen LogP contribution in [0.5, 0.6) is 0 Å². The van der Waals surface area contributed by atoms with Gasteiger partial charge in [-0.25, -0.2) is 8.42 Å². The Morgan fingerprint density at radius 1 is 1.08 bits per heavy atom. The van der Waals surface area contributed by atoms with Gasteiger partial charge in [0.1, 0.15) is 6.54 Å². The number of amides is 1. The maximum Gasteiger partial charge on any atom is 0.265 e. The Labute approximate surface area is 144 Å². The molecule has 1 aliphatic heterocycles. The molecule has 7 nitrogen and oxygen atoms in total. The van der Waals surface area contributed by atoms with Gasteiger partial charge in [-0.3, -0.25) is 9.10 Å². The molecule has 2 aromatic carbocycles. The highest BCUT2D eigenvalue weighted by molar-refractivity contribution is 7.93. The van der Waals surface area contributed by atoms with Crippen LogP contribution in [0.2, 0.25) is 0 Å². The van der Waals surface area contributed by atoms with Crippen molar-refractivity contribution in [1.29, 1.82) is 0 Å². The minimum Gasteiger partial charge on any atom is -0.349 e. The average Bonchev–Trinajstić information content (AvgIpc) is 2.84. The van der Waals surface area contributed by atoms with Crippen LogP contribution in [0.4, 0.5) is 5.69 Å². The Morgan fingerprint density at radius 2 is 1.88 bits per heavy atom. The molecule has 0 aliphatic carbocycles. The molecule has 3 aromatic rings. The Bertz CT molecular complexity index is 1060. The number of carbonyl (C=O) groups is 1. The Balaban J connectivity index is 1.59. The fraction of sp³-hybridized carbons (Fsp3) is 0.118. The molecule has 0 bridgehead atoms. The Kier molecular flexibility index (Phi) is 3.61. The quantitative estimate of drug-likeness (QED) is 0.766. The first kappa shape index (κ1) is 15.5. The average molecular weight is 354 g/mol. The van der Waals surface area contributed by atoms with Crippen molar-refractivity contribution in [2.45, 2.75) is 11.4 Å². The summed E-state index contributed by atoms with van der Waals surface area (Å²) < 4.78 is 26.7. The molecule has 2 heterocycles. The molecule has 0 unspecified atom stereocenters. The van der Waals surface area contributed by atoms with Gasteiger partial charge in [0.05, 0.1) is 22.8 Å². The molecule has 126 valence electrons. The SMILES string of the molecule is O=C(CN1c2cccc3cccc(c23)S1(=O)=O)NCc1cccnn1. The van der Waals surface area contributed by atoms with Crippen molar-refractivity contribution in [3.05, 3.63) is 60.4 Å². The smallest absolute Gasteiger partial charge is 0.265 e. The van der Waals surface area contributed by atoms with Crippen LogP contribution in [0.1, 0.15) is 5.69 Å². The van der Waals surface area contributed by atoms with Crippen LogP contribution in [0.15, 0.2) is 59.6 Å². The van der Waals surface area contributed by atoms with Gasteiger partial charge in [0, 0.05) is 11.6 Å². The maximum atomic E-state index is 12.8. The number of rotatable bonds is 4. The predicted molar refractivity (Wildman–Crippen MR) is 92.4 cm³/mol. The van der Waals surface area contributed by atoms with Crippen LogP contribution in [-0.2, 0) is 21.4 Å². The lowest BCUT2D eigenvalue weighted by atomic mass is 10.1. The van der Waals surface area contributed by atoms with Gasteiger partial charge in [-0.15, -0.1) is 0 Å². The van der Waals surface area contributed by atoms with E-state index in [-0.39, 0.29) is 18.0 Å². The largest absolute Gasteiger partial charge is 0.349 e. The number of carbonyl (C=O) groups excluding carboxylic acids is 1. The molecule has 0 atom stereocenters. The van der Waals surface area contributed by atoms with E-state index in [1.165, 1.54) is 0 Å². The van der Waals surface area contributed by atoms with E-state index in [2.05, 4.69) is 15.5 Å². The first-order valence-electron chi connectivity index (χ1n) is 7.65. The molecule has 0 fully saturated rings. The summed E-state index contributed by atoms with van der Waals surface area (Å²) in [6.45, 7) is -0.0892. The summed E-state index contributed by atoms with van der Waals surface area (Å²) in [5.41, 5.74) is 1.13. The van der Waals surface area contributed by atoms with Crippen molar-refractivity contribution in [2.24, 2.45) is 0 Å². The van der Waals surface area contributed by atoms with Gasteiger partial charge in [0.25, 0.3) is 10.0 Å². The number of nitrogens with one attached hydrogen (secondary N) is 1. The third kappa shape index (κ3) is 2.60. The number of benzene rings is 2. The lowest BCUT2D eigenvalue weighted by molar-refractivity contribution is -0.119. The molecule has 25 heavy (non-hydrogen) atoms. The van der Waals surface area contributed by atoms with Gasteiger partial charge >= 0.3 is 0 Å². The van der Waals surface area contributed by atoms with Crippen LogP contribution >= 0.6 is 0 Å². The first-order valence-corrected chi connectivity index (χ1v) is 9.09. The minimum absolute atomic E-state index is 0.192. The van der Waals surface area contributed by atoms with E-state index in [4.69, 9.17) is 0 Å². The highest BCUT2D eigenvalue weighted by Crippen LogP contribution is 2.41. The fourth-order valence-corrected chi connectivity index (χ4v) is 4.60. The second-order valence-electron chi connectivity index (χ2n) is 5.63. The van der Waals surface area contributed by atoms with E-state index in [0.29, 0.717) is 16.8 Å².